The van der Waals surface area contributed by atoms with Gasteiger partial charge < -0.3 is 14.2 Å². The smallest absolute Gasteiger partial charge is 0.306 e. The van der Waals surface area contributed by atoms with E-state index in [1.807, 2.05) is 0 Å². The van der Waals surface area contributed by atoms with Gasteiger partial charge in [0.25, 0.3) is 0 Å². The highest BCUT2D eigenvalue weighted by Crippen LogP contribution is 2.17. The van der Waals surface area contributed by atoms with Crippen molar-refractivity contribution in [2.24, 2.45) is 0 Å². The Kier molecular flexibility index (Phi) is 58.2. The maximum Gasteiger partial charge on any atom is 0.306 e. The normalized spacial score (nSPS) is 12.2. The van der Waals surface area contributed by atoms with E-state index in [-0.39, 0.29) is 31.1 Å². The maximum atomic E-state index is 12.9. The predicted molar refractivity (Wildman–Crippen MR) is 307 cm³/mol. The minimum absolute atomic E-state index is 0.0738. The summed E-state index contributed by atoms with van der Waals surface area (Å²) in [5, 5.41) is 0. The summed E-state index contributed by atoms with van der Waals surface area (Å²) < 4.78 is 16.9. The second-order valence-electron chi connectivity index (χ2n) is 21.3. The number of carbonyl (C=O) groups is 3. The first-order valence-electron chi connectivity index (χ1n) is 31.5. The molecule has 0 bridgehead atoms. The summed E-state index contributed by atoms with van der Waals surface area (Å²) in [5.74, 6) is -0.867. The third kappa shape index (κ3) is 58.4. The van der Waals surface area contributed by atoms with Crippen molar-refractivity contribution >= 4 is 17.9 Å². The van der Waals surface area contributed by atoms with Crippen LogP contribution in [-0.4, -0.2) is 37.2 Å². The van der Waals surface area contributed by atoms with E-state index in [4.69, 9.17) is 14.2 Å². The molecule has 6 heteroatoms. The molecule has 0 saturated carbocycles. The fraction of sp³-hybridized carbons (Fsp3) is 0.862. The molecular weight excluding hydrogens is 877 g/mol. The van der Waals surface area contributed by atoms with Crippen LogP contribution < -0.4 is 0 Å². The van der Waals surface area contributed by atoms with Gasteiger partial charge in [-0.25, -0.2) is 0 Å². The number of carbonyl (C=O) groups excluding carboxylic acids is 3. The molecule has 0 radical (unpaired) electrons. The third-order valence-corrected chi connectivity index (χ3v) is 14.1. The Morgan fingerprint density at radius 1 is 0.282 bits per heavy atom. The number of allylic oxidation sites excluding steroid dienone is 6. The minimum atomic E-state index is -0.776. The second kappa shape index (κ2) is 60.2. The van der Waals surface area contributed by atoms with Gasteiger partial charge in [0.1, 0.15) is 13.2 Å². The van der Waals surface area contributed by atoms with Gasteiger partial charge in [-0.2, -0.15) is 0 Å². The van der Waals surface area contributed by atoms with Gasteiger partial charge in [-0.1, -0.05) is 282 Å². The lowest BCUT2D eigenvalue weighted by Crippen LogP contribution is -2.30. The van der Waals surface area contributed by atoms with Crippen LogP contribution in [0.3, 0.4) is 0 Å². The van der Waals surface area contributed by atoms with Gasteiger partial charge in [0.2, 0.25) is 0 Å². The van der Waals surface area contributed by atoms with Crippen LogP contribution in [0.5, 0.6) is 0 Å². The molecule has 0 rings (SSSR count). The lowest BCUT2D eigenvalue weighted by atomic mass is 10.0. The molecule has 0 aliphatic carbocycles. The molecule has 0 heterocycles. The van der Waals surface area contributed by atoms with Crippen molar-refractivity contribution < 1.29 is 28.6 Å². The van der Waals surface area contributed by atoms with Crippen LogP contribution in [0, 0.1) is 0 Å². The van der Waals surface area contributed by atoms with Gasteiger partial charge in [0.05, 0.1) is 0 Å². The molecule has 6 nitrogen and oxygen atoms in total. The van der Waals surface area contributed by atoms with Crippen molar-refractivity contribution in [1.82, 2.24) is 0 Å². The molecule has 71 heavy (non-hydrogen) atoms. The highest BCUT2D eigenvalue weighted by molar-refractivity contribution is 5.71. The van der Waals surface area contributed by atoms with Gasteiger partial charge in [-0.15, -0.1) is 0 Å². The first-order chi connectivity index (χ1) is 35.0. The SMILES string of the molecule is CCCCC/C=C/C/C=C/CCCCCCCC(=O)OC[C@H](COC(=O)CCCCCCCCCCC/C=C/CCCCCCCC)OC(=O)CCCCCCCCCCCCCCCCCCCCC. The van der Waals surface area contributed by atoms with Gasteiger partial charge >= 0.3 is 17.9 Å². The molecule has 0 amide bonds. The molecule has 0 saturated heterocycles. The summed E-state index contributed by atoms with van der Waals surface area (Å²) in [7, 11) is 0. The number of unbranched alkanes of at least 4 members (excludes halogenated alkanes) is 41. The number of hydrogen-bond acceptors (Lipinski definition) is 6. The number of hydrogen-bond donors (Lipinski definition) is 0. The molecule has 416 valence electrons. The Hall–Kier alpha value is -2.37. The van der Waals surface area contributed by atoms with E-state index in [2.05, 4.69) is 57.2 Å². The van der Waals surface area contributed by atoms with Crippen molar-refractivity contribution in [3.8, 4) is 0 Å². The Morgan fingerprint density at radius 2 is 0.507 bits per heavy atom. The average Bonchev–Trinajstić information content (AvgIpc) is 3.37. The summed E-state index contributed by atoms with van der Waals surface area (Å²) in [6, 6.07) is 0. The van der Waals surface area contributed by atoms with Crippen molar-refractivity contribution in [2.45, 2.75) is 348 Å². The van der Waals surface area contributed by atoms with E-state index >= 15 is 0 Å². The van der Waals surface area contributed by atoms with Crippen molar-refractivity contribution in [1.29, 1.82) is 0 Å². The van der Waals surface area contributed by atoms with E-state index < -0.39 is 6.10 Å². The van der Waals surface area contributed by atoms with Crippen LogP contribution >= 0.6 is 0 Å². The number of esters is 3. The first kappa shape index (κ1) is 68.6. The Bertz CT molecular complexity index is 1190. The molecule has 0 unspecified atom stereocenters. The fourth-order valence-electron chi connectivity index (χ4n) is 9.35. The fourth-order valence-corrected chi connectivity index (χ4v) is 9.35. The van der Waals surface area contributed by atoms with Crippen molar-refractivity contribution in [2.75, 3.05) is 13.2 Å². The predicted octanol–water partition coefficient (Wildman–Crippen LogP) is 21.2. The van der Waals surface area contributed by atoms with Crippen LogP contribution in [0.15, 0.2) is 36.5 Å². The molecule has 0 spiro atoms. The Morgan fingerprint density at radius 3 is 0.817 bits per heavy atom. The highest BCUT2D eigenvalue weighted by atomic mass is 16.6. The second-order valence-corrected chi connectivity index (χ2v) is 21.3. The van der Waals surface area contributed by atoms with Gasteiger partial charge in [-0.3, -0.25) is 14.4 Å². The summed E-state index contributed by atoms with van der Waals surface area (Å²) in [6.45, 7) is 6.65. The zero-order chi connectivity index (χ0) is 51.4. The Balaban J connectivity index is 4.33. The monoisotopic (exact) mass is 997 g/mol. The van der Waals surface area contributed by atoms with Crippen molar-refractivity contribution in [3.63, 3.8) is 0 Å². The Labute approximate surface area is 442 Å². The van der Waals surface area contributed by atoms with Crippen LogP contribution in [-0.2, 0) is 28.6 Å². The average molecular weight is 998 g/mol. The molecule has 0 aromatic heterocycles. The summed E-state index contributed by atoms with van der Waals surface area (Å²) in [4.78, 5) is 38.3. The van der Waals surface area contributed by atoms with Gasteiger partial charge in [-0.05, 0) is 77.0 Å². The summed E-state index contributed by atoms with van der Waals surface area (Å²) in [5.41, 5.74) is 0. The minimum Gasteiger partial charge on any atom is -0.462 e. The molecule has 0 N–H and O–H groups in total. The largest absolute Gasteiger partial charge is 0.462 e. The molecule has 1 atom stereocenters. The quantitative estimate of drug-likeness (QED) is 0.0261. The van der Waals surface area contributed by atoms with E-state index in [9.17, 15) is 14.4 Å². The van der Waals surface area contributed by atoms with Gasteiger partial charge in [0.15, 0.2) is 6.10 Å². The van der Waals surface area contributed by atoms with E-state index in [0.29, 0.717) is 19.3 Å². The number of ether oxygens (including phenoxy) is 3. The molecule has 0 fully saturated rings. The first-order valence-corrected chi connectivity index (χ1v) is 31.5. The van der Waals surface area contributed by atoms with Crippen molar-refractivity contribution in [3.05, 3.63) is 36.5 Å². The standard InChI is InChI=1S/C65H120O6/c1-4-7-10-13-16-19-22-25-28-30-32-34-37-40-43-46-49-52-55-58-64(67)70-61-62(60-69-63(66)57-54-51-48-45-42-39-36-27-24-21-18-15-12-9-6-3)71-65(68)59-56-53-50-47-44-41-38-35-33-31-29-26-23-20-17-14-11-8-5-2/h18,21,25,27-28,36,62H,4-17,19-20,22-24,26,29-35,37-61H2,1-3H3/b21-18+,28-25+,36-27+/t62-/m1/s1. The summed E-state index contributed by atoms with van der Waals surface area (Å²) in [6.07, 6.45) is 72.8. The highest BCUT2D eigenvalue weighted by Gasteiger charge is 2.19. The lowest BCUT2D eigenvalue weighted by Gasteiger charge is -2.18. The lowest BCUT2D eigenvalue weighted by molar-refractivity contribution is -0.167. The molecule has 0 aliphatic rings. The van der Waals surface area contributed by atoms with E-state index in [0.717, 1.165) is 77.0 Å². The van der Waals surface area contributed by atoms with Crippen LogP contribution in [0.2, 0.25) is 0 Å². The molecule has 0 aliphatic heterocycles. The molecule has 0 aromatic carbocycles. The van der Waals surface area contributed by atoms with Gasteiger partial charge in [0, 0.05) is 19.3 Å². The topological polar surface area (TPSA) is 78.9 Å². The third-order valence-electron chi connectivity index (χ3n) is 14.1. The van der Waals surface area contributed by atoms with Crippen LogP contribution in [0.4, 0.5) is 0 Å². The van der Waals surface area contributed by atoms with Crippen LogP contribution in [0.25, 0.3) is 0 Å². The van der Waals surface area contributed by atoms with E-state index in [1.165, 1.54) is 225 Å². The number of rotatable bonds is 58. The maximum absolute atomic E-state index is 12.9. The van der Waals surface area contributed by atoms with Crippen LogP contribution in [0.1, 0.15) is 342 Å². The zero-order valence-electron chi connectivity index (χ0n) is 47.8. The summed E-state index contributed by atoms with van der Waals surface area (Å²) >= 11 is 0. The zero-order valence-corrected chi connectivity index (χ0v) is 47.8. The van der Waals surface area contributed by atoms with E-state index in [1.54, 1.807) is 0 Å². The molecule has 0 aromatic rings. The molecular formula is C65H120O6.